The molecular formula is C25H33N3O3. The summed E-state index contributed by atoms with van der Waals surface area (Å²) in [4.78, 5) is 21.7. The average Bonchev–Trinajstić information content (AvgIpc) is 3.07. The number of hydrogen-bond acceptors (Lipinski definition) is 5. The lowest BCUT2D eigenvalue weighted by atomic mass is 10.0. The van der Waals surface area contributed by atoms with Gasteiger partial charge >= 0.3 is 0 Å². The molecule has 6 heteroatoms. The summed E-state index contributed by atoms with van der Waals surface area (Å²) in [5.41, 5.74) is 2.27. The summed E-state index contributed by atoms with van der Waals surface area (Å²) < 4.78 is 11.5. The quantitative estimate of drug-likeness (QED) is 0.684. The van der Waals surface area contributed by atoms with E-state index in [1.807, 2.05) is 48.5 Å². The summed E-state index contributed by atoms with van der Waals surface area (Å²) in [5.74, 6) is 1.83. The highest BCUT2D eigenvalue weighted by molar-refractivity contribution is 5.76. The normalized spacial score (nSPS) is 17.2. The van der Waals surface area contributed by atoms with E-state index in [1.165, 1.54) is 0 Å². The van der Waals surface area contributed by atoms with E-state index in [1.54, 1.807) is 0 Å². The van der Waals surface area contributed by atoms with Crippen LogP contribution in [-0.4, -0.2) is 66.6 Å². The van der Waals surface area contributed by atoms with Gasteiger partial charge in [-0.05, 0) is 49.1 Å². The molecule has 6 nitrogen and oxygen atoms in total. The van der Waals surface area contributed by atoms with Crippen LogP contribution in [0.4, 0.5) is 0 Å². The molecule has 0 atom stereocenters. The molecule has 0 bridgehead atoms. The monoisotopic (exact) mass is 423 g/mol. The van der Waals surface area contributed by atoms with Crippen LogP contribution in [0.15, 0.2) is 42.6 Å². The molecule has 0 radical (unpaired) electrons. The van der Waals surface area contributed by atoms with Crippen molar-refractivity contribution < 1.29 is 14.3 Å². The fraction of sp³-hybridized carbons (Fsp3) is 0.520. The van der Waals surface area contributed by atoms with E-state index in [-0.39, 0.29) is 5.91 Å². The fourth-order valence-electron chi connectivity index (χ4n) is 4.34. The Morgan fingerprint density at radius 1 is 1.10 bits per heavy atom. The van der Waals surface area contributed by atoms with Crippen molar-refractivity contribution in [1.82, 2.24) is 14.8 Å². The first-order valence-electron chi connectivity index (χ1n) is 11.5. The smallest absolute Gasteiger partial charge is 0.222 e. The topological polar surface area (TPSA) is 54.9 Å². The van der Waals surface area contributed by atoms with Crippen LogP contribution in [0.2, 0.25) is 0 Å². The Labute approximate surface area is 185 Å². The predicted molar refractivity (Wildman–Crippen MR) is 121 cm³/mol. The maximum Gasteiger partial charge on any atom is 0.222 e. The molecule has 0 spiro atoms. The van der Waals surface area contributed by atoms with Crippen LogP contribution >= 0.6 is 0 Å². The Morgan fingerprint density at radius 3 is 2.68 bits per heavy atom. The van der Waals surface area contributed by atoms with Crippen molar-refractivity contribution in [3.8, 4) is 11.5 Å². The number of ether oxygens (including phenoxy) is 2. The van der Waals surface area contributed by atoms with Crippen molar-refractivity contribution >= 4 is 5.91 Å². The molecule has 2 aromatic rings. The third-order valence-corrected chi connectivity index (χ3v) is 6.35. The van der Waals surface area contributed by atoms with E-state index in [9.17, 15) is 4.79 Å². The highest BCUT2D eigenvalue weighted by atomic mass is 16.5. The summed E-state index contributed by atoms with van der Waals surface area (Å²) in [6.45, 7) is 4.48. The van der Waals surface area contributed by atoms with E-state index in [0.29, 0.717) is 25.7 Å². The van der Waals surface area contributed by atoms with E-state index in [4.69, 9.17) is 9.47 Å². The Kier molecular flexibility index (Phi) is 7.41. The number of fused-ring (bicyclic) bond motifs is 1. The molecule has 1 aromatic carbocycles. The molecular weight excluding hydrogens is 390 g/mol. The van der Waals surface area contributed by atoms with Crippen LogP contribution in [0.5, 0.6) is 11.5 Å². The highest BCUT2D eigenvalue weighted by Gasteiger charge is 2.25. The van der Waals surface area contributed by atoms with Gasteiger partial charge in [-0.15, -0.1) is 0 Å². The molecule has 2 aliphatic heterocycles. The first-order valence-corrected chi connectivity index (χ1v) is 11.5. The van der Waals surface area contributed by atoms with Crippen molar-refractivity contribution in [1.29, 1.82) is 0 Å². The molecule has 1 fully saturated rings. The zero-order valence-corrected chi connectivity index (χ0v) is 18.5. The van der Waals surface area contributed by atoms with Gasteiger partial charge in [0.2, 0.25) is 5.91 Å². The Balaban J connectivity index is 1.20. The molecule has 0 N–H and O–H groups in total. The third kappa shape index (κ3) is 5.97. The van der Waals surface area contributed by atoms with Crippen molar-refractivity contribution in [3.05, 3.63) is 53.9 Å². The largest absolute Gasteiger partial charge is 0.490 e. The zero-order valence-electron chi connectivity index (χ0n) is 18.5. The minimum absolute atomic E-state index is 0.221. The first-order chi connectivity index (χ1) is 15.2. The zero-order chi connectivity index (χ0) is 21.5. The average molecular weight is 424 g/mol. The predicted octanol–water partition coefficient (Wildman–Crippen LogP) is 3.34. The SMILES string of the molecule is CN(C(=O)CCc1ccc2c(c1)OCCCO2)C1CCN(CCc2ccccn2)CC1. The van der Waals surface area contributed by atoms with Crippen LogP contribution in [0.3, 0.4) is 0 Å². The summed E-state index contributed by atoms with van der Waals surface area (Å²) in [6, 6.07) is 12.4. The lowest BCUT2D eigenvalue weighted by molar-refractivity contribution is -0.132. The molecule has 3 heterocycles. The number of rotatable bonds is 7. The molecule has 0 aliphatic carbocycles. The molecule has 166 valence electrons. The molecule has 31 heavy (non-hydrogen) atoms. The summed E-state index contributed by atoms with van der Waals surface area (Å²) in [6.07, 6.45) is 7.06. The summed E-state index contributed by atoms with van der Waals surface area (Å²) >= 11 is 0. The first kappa shape index (κ1) is 21.6. The lowest BCUT2D eigenvalue weighted by Crippen LogP contribution is -2.46. The number of pyridine rings is 1. The minimum Gasteiger partial charge on any atom is -0.490 e. The van der Waals surface area contributed by atoms with Crippen LogP contribution in [0.1, 0.15) is 36.9 Å². The van der Waals surface area contributed by atoms with Crippen molar-refractivity contribution in [3.63, 3.8) is 0 Å². The van der Waals surface area contributed by atoms with Gasteiger partial charge in [-0.2, -0.15) is 0 Å². The van der Waals surface area contributed by atoms with E-state index < -0.39 is 0 Å². The number of hydrogen-bond donors (Lipinski definition) is 0. The standard InChI is InChI=1S/C25H33N3O3/c1-27(22-11-15-28(16-12-22)14-10-21-5-2-3-13-26-21)25(29)9-7-20-6-8-23-24(19-20)31-18-4-17-30-23/h2-3,5-6,8,13,19,22H,4,7,9-12,14-18H2,1H3. The highest BCUT2D eigenvalue weighted by Crippen LogP contribution is 2.30. The number of aryl methyl sites for hydroxylation is 1. The fourth-order valence-corrected chi connectivity index (χ4v) is 4.34. The Hall–Kier alpha value is -2.60. The van der Waals surface area contributed by atoms with Gasteiger partial charge in [-0.25, -0.2) is 0 Å². The molecule has 1 amide bonds. The minimum atomic E-state index is 0.221. The number of carbonyl (C=O) groups is 1. The molecule has 4 rings (SSSR count). The lowest BCUT2D eigenvalue weighted by Gasteiger charge is -2.36. The van der Waals surface area contributed by atoms with Crippen molar-refractivity contribution in [2.24, 2.45) is 0 Å². The maximum atomic E-state index is 12.8. The van der Waals surface area contributed by atoms with Gasteiger partial charge in [-0.1, -0.05) is 12.1 Å². The third-order valence-electron chi connectivity index (χ3n) is 6.35. The van der Waals surface area contributed by atoms with E-state index in [0.717, 1.165) is 74.5 Å². The second-order valence-corrected chi connectivity index (χ2v) is 8.48. The summed E-state index contributed by atoms with van der Waals surface area (Å²) in [7, 11) is 1.96. The number of benzene rings is 1. The Bertz CT molecular complexity index is 850. The van der Waals surface area contributed by atoms with Crippen molar-refractivity contribution in [2.75, 3.05) is 39.9 Å². The van der Waals surface area contributed by atoms with Gasteiger partial charge in [0.15, 0.2) is 11.5 Å². The number of carbonyl (C=O) groups excluding carboxylic acids is 1. The maximum absolute atomic E-state index is 12.8. The van der Waals surface area contributed by atoms with Crippen LogP contribution in [-0.2, 0) is 17.6 Å². The second kappa shape index (κ2) is 10.6. The number of aromatic nitrogens is 1. The van der Waals surface area contributed by atoms with Crippen LogP contribution < -0.4 is 9.47 Å². The van der Waals surface area contributed by atoms with Gasteiger partial charge in [0.25, 0.3) is 0 Å². The molecule has 0 saturated carbocycles. The molecule has 1 aromatic heterocycles. The summed E-state index contributed by atoms with van der Waals surface area (Å²) in [5, 5.41) is 0. The van der Waals surface area contributed by atoms with Gasteiger partial charge < -0.3 is 19.3 Å². The molecule has 1 saturated heterocycles. The Morgan fingerprint density at radius 2 is 1.90 bits per heavy atom. The van der Waals surface area contributed by atoms with Gasteiger partial charge in [0.05, 0.1) is 13.2 Å². The van der Waals surface area contributed by atoms with E-state index in [2.05, 4.69) is 16.0 Å². The molecule has 0 unspecified atom stereocenters. The number of nitrogens with zero attached hydrogens (tertiary/aromatic N) is 3. The molecule has 2 aliphatic rings. The number of piperidine rings is 1. The van der Waals surface area contributed by atoms with Gasteiger partial charge in [0.1, 0.15) is 0 Å². The van der Waals surface area contributed by atoms with Crippen LogP contribution in [0, 0.1) is 0 Å². The van der Waals surface area contributed by atoms with Crippen LogP contribution in [0.25, 0.3) is 0 Å². The van der Waals surface area contributed by atoms with Gasteiger partial charge in [0, 0.05) is 63.9 Å². The number of amides is 1. The number of likely N-dealkylation sites (tertiary alicyclic amines) is 1. The second-order valence-electron chi connectivity index (χ2n) is 8.48. The van der Waals surface area contributed by atoms with E-state index >= 15 is 0 Å². The van der Waals surface area contributed by atoms with Gasteiger partial charge in [-0.3, -0.25) is 9.78 Å². The van der Waals surface area contributed by atoms with Crippen molar-refractivity contribution in [2.45, 2.75) is 44.6 Å².